The molecule has 0 saturated carbocycles. The molecule has 2 rings (SSSR count). The number of nitrogens with zero attached hydrogens (tertiary/aromatic N) is 1. The van der Waals surface area contributed by atoms with Crippen molar-refractivity contribution in [1.82, 2.24) is 4.98 Å². The van der Waals surface area contributed by atoms with Crippen LogP contribution in [0.25, 0.3) is 11.3 Å². The van der Waals surface area contributed by atoms with Crippen molar-refractivity contribution in [2.24, 2.45) is 0 Å². The van der Waals surface area contributed by atoms with Crippen molar-refractivity contribution in [2.75, 3.05) is 12.4 Å². The summed E-state index contributed by atoms with van der Waals surface area (Å²) in [7, 11) is 1.80. The number of rotatable bonds is 2. The second kappa shape index (κ2) is 4.09. The Morgan fingerprint density at radius 2 is 2.07 bits per heavy atom. The normalized spacial score (nSPS) is 10.0. The molecule has 2 aromatic rings. The zero-order chi connectivity index (χ0) is 10.7. The molecule has 0 saturated heterocycles. The van der Waals surface area contributed by atoms with Crippen LogP contribution in [0.3, 0.4) is 0 Å². The first kappa shape index (κ1) is 9.65. The van der Waals surface area contributed by atoms with Crippen LogP contribution in [0, 0.1) is 5.82 Å². The van der Waals surface area contributed by atoms with E-state index in [0.717, 1.165) is 5.69 Å². The van der Waals surface area contributed by atoms with Gasteiger partial charge in [0.1, 0.15) is 5.82 Å². The lowest BCUT2D eigenvalue weighted by molar-refractivity contribution is 0.631. The van der Waals surface area contributed by atoms with Crippen molar-refractivity contribution < 1.29 is 4.39 Å². The molecule has 1 heterocycles. The standard InChI is InChI=1S/C12H11FN2/c1-14-9-5-6-11(13)10(8-9)12-4-2-3-7-15-12/h2-8,14H,1H3. The molecular formula is C12H11FN2. The summed E-state index contributed by atoms with van der Waals surface area (Å²) < 4.78 is 13.5. The maximum absolute atomic E-state index is 13.5. The molecule has 0 atom stereocenters. The summed E-state index contributed by atoms with van der Waals surface area (Å²) in [5, 5.41) is 2.97. The van der Waals surface area contributed by atoms with Gasteiger partial charge in [-0.2, -0.15) is 0 Å². The van der Waals surface area contributed by atoms with Crippen LogP contribution < -0.4 is 5.32 Å². The summed E-state index contributed by atoms with van der Waals surface area (Å²) in [6.45, 7) is 0. The van der Waals surface area contributed by atoms with Crippen LogP contribution in [0.5, 0.6) is 0 Å². The molecule has 0 radical (unpaired) electrons. The van der Waals surface area contributed by atoms with E-state index in [9.17, 15) is 4.39 Å². The highest BCUT2D eigenvalue weighted by atomic mass is 19.1. The van der Waals surface area contributed by atoms with Crippen molar-refractivity contribution in [3.05, 3.63) is 48.4 Å². The molecule has 0 aliphatic rings. The number of anilines is 1. The predicted molar refractivity (Wildman–Crippen MR) is 59.2 cm³/mol. The van der Waals surface area contributed by atoms with Crippen molar-refractivity contribution >= 4 is 5.69 Å². The zero-order valence-corrected chi connectivity index (χ0v) is 8.37. The van der Waals surface area contributed by atoms with Gasteiger partial charge in [-0.1, -0.05) is 6.07 Å². The van der Waals surface area contributed by atoms with Crippen LogP contribution in [0.1, 0.15) is 0 Å². The van der Waals surface area contributed by atoms with E-state index in [-0.39, 0.29) is 5.82 Å². The van der Waals surface area contributed by atoms with Gasteiger partial charge in [-0.25, -0.2) is 4.39 Å². The fourth-order valence-corrected chi connectivity index (χ4v) is 1.40. The van der Waals surface area contributed by atoms with Gasteiger partial charge in [-0.15, -0.1) is 0 Å². The topological polar surface area (TPSA) is 24.9 Å². The molecule has 0 aliphatic carbocycles. The summed E-state index contributed by atoms with van der Waals surface area (Å²) in [5.74, 6) is -0.257. The maximum atomic E-state index is 13.5. The molecule has 15 heavy (non-hydrogen) atoms. The minimum Gasteiger partial charge on any atom is -0.388 e. The number of halogens is 1. The molecule has 1 N–H and O–H groups in total. The van der Waals surface area contributed by atoms with E-state index in [1.54, 1.807) is 31.4 Å². The fourth-order valence-electron chi connectivity index (χ4n) is 1.40. The zero-order valence-electron chi connectivity index (χ0n) is 8.37. The first-order valence-corrected chi connectivity index (χ1v) is 4.70. The van der Waals surface area contributed by atoms with Gasteiger partial charge in [0.05, 0.1) is 5.69 Å². The SMILES string of the molecule is CNc1ccc(F)c(-c2ccccn2)c1. The van der Waals surface area contributed by atoms with Crippen molar-refractivity contribution in [2.45, 2.75) is 0 Å². The lowest BCUT2D eigenvalue weighted by atomic mass is 10.1. The van der Waals surface area contributed by atoms with Crippen LogP contribution in [-0.2, 0) is 0 Å². The Morgan fingerprint density at radius 1 is 1.20 bits per heavy atom. The number of hydrogen-bond acceptors (Lipinski definition) is 2. The first-order valence-electron chi connectivity index (χ1n) is 4.70. The van der Waals surface area contributed by atoms with Gasteiger partial charge >= 0.3 is 0 Å². The summed E-state index contributed by atoms with van der Waals surface area (Å²) in [6.07, 6.45) is 1.65. The molecule has 0 spiro atoms. The Bertz CT molecular complexity index is 454. The van der Waals surface area contributed by atoms with Gasteiger partial charge in [-0.05, 0) is 30.3 Å². The van der Waals surface area contributed by atoms with Crippen LogP contribution in [0.4, 0.5) is 10.1 Å². The minimum atomic E-state index is -0.257. The van der Waals surface area contributed by atoms with E-state index in [0.29, 0.717) is 11.3 Å². The second-order valence-electron chi connectivity index (χ2n) is 3.16. The Labute approximate surface area is 87.8 Å². The average Bonchev–Trinajstić information content (AvgIpc) is 2.31. The highest BCUT2D eigenvalue weighted by Crippen LogP contribution is 2.23. The molecule has 0 amide bonds. The fraction of sp³-hybridized carbons (Fsp3) is 0.0833. The average molecular weight is 202 g/mol. The van der Waals surface area contributed by atoms with Gasteiger partial charge in [0.15, 0.2) is 0 Å². The van der Waals surface area contributed by atoms with Crippen molar-refractivity contribution in [3.63, 3.8) is 0 Å². The van der Waals surface area contributed by atoms with Crippen LogP contribution in [0.15, 0.2) is 42.6 Å². The second-order valence-corrected chi connectivity index (χ2v) is 3.16. The smallest absolute Gasteiger partial charge is 0.132 e. The molecule has 0 unspecified atom stereocenters. The molecule has 2 nitrogen and oxygen atoms in total. The molecule has 0 fully saturated rings. The highest BCUT2D eigenvalue weighted by Gasteiger charge is 2.06. The summed E-state index contributed by atoms with van der Waals surface area (Å²) in [4.78, 5) is 4.12. The largest absolute Gasteiger partial charge is 0.388 e. The summed E-state index contributed by atoms with van der Waals surface area (Å²) >= 11 is 0. The number of nitrogens with one attached hydrogen (secondary N) is 1. The summed E-state index contributed by atoms with van der Waals surface area (Å²) in [5.41, 5.74) is 2.03. The molecule has 1 aromatic carbocycles. The Morgan fingerprint density at radius 3 is 2.73 bits per heavy atom. The van der Waals surface area contributed by atoms with Gasteiger partial charge in [0, 0.05) is 24.5 Å². The first-order chi connectivity index (χ1) is 7.31. The van der Waals surface area contributed by atoms with Crippen LogP contribution in [0.2, 0.25) is 0 Å². The van der Waals surface area contributed by atoms with Gasteiger partial charge in [0.25, 0.3) is 0 Å². The number of benzene rings is 1. The third kappa shape index (κ3) is 1.96. The molecule has 3 heteroatoms. The monoisotopic (exact) mass is 202 g/mol. The molecule has 76 valence electrons. The molecular weight excluding hydrogens is 191 g/mol. The van der Waals surface area contributed by atoms with Crippen LogP contribution in [-0.4, -0.2) is 12.0 Å². The Kier molecular flexibility index (Phi) is 2.63. The Hall–Kier alpha value is -1.90. The number of hydrogen-bond donors (Lipinski definition) is 1. The molecule has 0 aliphatic heterocycles. The minimum absolute atomic E-state index is 0.257. The van der Waals surface area contributed by atoms with E-state index in [2.05, 4.69) is 10.3 Å². The van der Waals surface area contributed by atoms with Gasteiger partial charge in [-0.3, -0.25) is 4.98 Å². The van der Waals surface area contributed by atoms with E-state index in [1.165, 1.54) is 6.07 Å². The summed E-state index contributed by atoms with van der Waals surface area (Å²) in [6, 6.07) is 10.3. The third-order valence-electron chi connectivity index (χ3n) is 2.20. The van der Waals surface area contributed by atoms with E-state index < -0.39 is 0 Å². The highest BCUT2D eigenvalue weighted by molar-refractivity contribution is 5.65. The lowest BCUT2D eigenvalue weighted by Crippen LogP contribution is -1.92. The molecule has 0 bridgehead atoms. The van der Waals surface area contributed by atoms with Crippen molar-refractivity contribution in [3.8, 4) is 11.3 Å². The van der Waals surface area contributed by atoms with E-state index in [1.807, 2.05) is 12.1 Å². The quantitative estimate of drug-likeness (QED) is 0.809. The maximum Gasteiger partial charge on any atom is 0.132 e. The molecule has 1 aromatic heterocycles. The third-order valence-corrected chi connectivity index (χ3v) is 2.20. The predicted octanol–water partition coefficient (Wildman–Crippen LogP) is 2.93. The van der Waals surface area contributed by atoms with Crippen molar-refractivity contribution in [1.29, 1.82) is 0 Å². The van der Waals surface area contributed by atoms with E-state index >= 15 is 0 Å². The number of pyridine rings is 1. The lowest BCUT2D eigenvalue weighted by Gasteiger charge is -2.05. The number of aromatic nitrogens is 1. The Balaban J connectivity index is 2.52. The van der Waals surface area contributed by atoms with Gasteiger partial charge in [0.2, 0.25) is 0 Å². The van der Waals surface area contributed by atoms with Crippen LogP contribution >= 0.6 is 0 Å². The van der Waals surface area contributed by atoms with E-state index in [4.69, 9.17) is 0 Å². The van der Waals surface area contributed by atoms with Gasteiger partial charge < -0.3 is 5.32 Å².